The van der Waals surface area contributed by atoms with Crippen LogP contribution in [-0.2, 0) is 16.0 Å². The molecule has 0 saturated carbocycles. The summed E-state index contributed by atoms with van der Waals surface area (Å²) in [6.07, 6.45) is 0.0523. The highest BCUT2D eigenvalue weighted by Gasteiger charge is 2.24. The van der Waals surface area contributed by atoms with Gasteiger partial charge >= 0.3 is 5.97 Å². The number of carbonyl (C=O) groups is 2. The molecule has 0 saturated heterocycles. The van der Waals surface area contributed by atoms with Gasteiger partial charge in [0.2, 0.25) is 0 Å². The maximum Gasteiger partial charge on any atom is 0.328 e. The van der Waals surface area contributed by atoms with Gasteiger partial charge in [-0.2, -0.15) is 5.26 Å². The van der Waals surface area contributed by atoms with Crippen LogP contribution in [0, 0.1) is 23.0 Å². The molecule has 0 radical (unpaired) electrons. The van der Waals surface area contributed by atoms with Crippen molar-refractivity contribution in [1.82, 2.24) is 5.32 Å². The van der Waals surface area contributed by atoms with Crippen LogP contribution in [0.25, 0.3) is 0 Å². The zero-order valence-electron chi connectivity index (χ0n) is 13.3. The number of nitrogens with zero attached hydrogens (tertiary/aromatic N) is 1. The summed E-state index contributed by atoms with van der Waals surface area (Å²) in [7, 11) is 1.16. The smallest absolute Gasteiger partial charge is 0.328 e. The maximum atomic E-state index is 13.7. The van der Waals surface area contributed by atoms with Gasteiger partial charge in [-0.3, -0.25) is 4.79 Å². The summed E-state index contributed by atoms with van der Waals surface area (Å²) in [4.78, 5) is 24.1. The summed E-state index contributed by atoms with van der Waals surface area (Å²) in [6, 6.07) is 9.90. The molecule has 25 heavy (non-hydrogen) atoms. The van der Waals surface area contributed by atoms with Crippen LogP contribution < -0.4 is 5.32 Å². The minimum atomic E-state index is -1.09. The number of hydrogen-bond acceptors (Lipinski definition) is 4. The van der Waals surface area contributed by atoms with E-state index >= 15 is 0 Å². The molecule has 7 heteroatoms. The van der Waals surface area contributed by atoms with E-state index in [0.717, 1.165) is 19.2 Å². The number of hydrogen-bond donors (Lipinski definition) is 1. The second-order valence-electron chi connectivity index (χ2n) is 5.19. The average molecular weight is 344 g/mol. The molecule has 0 fully saturated rings. The molecule has 2 aromatic rings. The van der Waals surface area contributed by atoms with Gasteiger partial charge in [-0.25, -0.2) is 13.6 Å². The Hall–Kier alpha value is -3.27. The third kappa shape index (κ3) is 4.61. The van der Waals surface area contributed by atoms with Gasteiger partial charge in [-0.05, 0) is 29.8 Å². The summed E-state index contributed by atoms with van der Waals surface area (Å²) in [5, 5.41) is 11.3. The molecule has 0 aliphatic carbocycles. The molecule has 0 aromatic heterocycles. The third-order valence-electron chi connectivity index (χ3n) is 3.46. The summed E-state index contributed by atoms with van der Waals surface area (Å²) < 4.78 is 31.3. The molecular formula is C18H14F2N2O3. The fourth-order valence-corrected chi connectivity index (χ4v) is 2.25. The van der Waals surface area contributed by atoms with E-state index in [4.69, 9.17) is 5.26 Å². The van der Waals surface area contributed by atoms with Gasteiger partial charge in [0.1, 0.15) is 17.7 Å². The van der Waals surface area contributed by atoms with Gasteiger partial charge in [-0.1, -0.05) is 12.1 Å². The maximum absolute atomic E-state index is 13.7. The van der Waals surface area contributed by atoms with Crippen molar-refractivity contribution in [2.24, 2.45) is 0 Å². The third-order valence-corrected chi connectivity index (χ3v) is 3.46. The van der Waals surface area contributed by atoms with E-state index in [2.05, 4.69) is 10.1 Å². The molecule has 0 aliphatic heterocycles. The Bertz CT molecular complexity index is 846. The Morgan fingerprint density at radius 3 is 2.64 bits per heavy atom. The SMILES string of the molecule is COC(=O)[C@@H](Cc1cccc(C#N)c1)NC(=O)c1ccc(F)cc1F. The number of methoxy groups -OCH3 is 1. The monoisotopic (exact) mass is 344 g/mol. The number of nitriles is 1. The zero-order valence-corrected chi connectivity index (χ0v) is 13.3. The minimum absolute atomic E-state index is 0.0523. The lowest BCUT2D eigenvalue weighted by Gasteiger charge is -2.17. The Balaban J connectivity index is 2.21. The van der Waals surface area contributed by atoms with E-state index < -0.39 is 29.6 Å². The predicted octanol–water partition coefficient (Wildman–Crippen LogP) is 2.35. The van der Waals surface area contributed by atoms with E-state index in [1.165, 1.54) is 0 Å². The minimum Gasteiger partial charge on any atom is -0.467 e. The van der Waals surface area contributed by atoms with Crippen molar-refractivity contribution in [2.45, 2.75) is 12.5 Å². The number of ether oxygens (including phenoxy) is 1. The molecule has 1 atom stereocenters. The van der Waals surface area contributed by atoms with E-state index in [0.29, 0.717) is 17.2 Å². The van der Waals surface area contributed by atoms with Crippen LogP contribution in [0.1, 0.15) is 21.5 Å². The highest BCUT2D eigenvalue weighted by Crippen LogP contribution is 2.12. The predicted molar refractivity (Wildman–Crippen MR) is 84.5 cm³/mol. The molecule has 128 valence electrons. The second kappa shape index (κ2) is 8.02. The highest BCUT2D eigenvalue weighted by molar-refractivity contribution is 5.97. The van der Waals surface area contributed by atoms with Crippen molar-refractivity contribution in [2.75, 3.05) is 7.11 Å². The van der Waals surface area contributed by atoms with Crippen molar-refractivity contribution in [3.8, 4) is 6.07 Å². The van der Waals surface area contributed by atoms with Crippen LogP contribution in [-0.4, -0.2) is 25.0 Å². The Labute approximate surface area is 142 Å². The van der Waals surface area contributed by atoms with Crippen molar-refractivity contribution >= 4 is 11.9 Å². The molecule has 5 nitrogen and oxygen atoms in total. The van der Waals surface area contributed by atoms with Crippen LogP contribution in [0.2, 0.25) is 0 Å². The number of esters is 1. The topological polar surface area (TPSA) is 79.2 Å². The van der Waals surface area contributed by atoms with Crippen LogP contribution in [0.5, 0.6) is 0 Å². The summed E-state index contributed by atoms with van der Waals surface area (Å²) in [6.45, 7) is 0. The highest BCUT2D eigenvalue weighted by atomic mass is 19.1. The molecule has 0 bridgehead atoms. The molecule has 2 aromatic carbocycles. The van der Waals surface area contributed by atoms with Gasteiger partial charge in [-0.15, -0.1) is 0 Å². The van der Waals surface area contributed by atoms with Gasteiger partial charge in [0.05, 0.1) is 24.3 Å². The number of rotatable bonds is 5. The lowest BCUT2D eigenvalue weighted by molar-refractivity contribution is -0.142. The first kappa shape index (κ1) is 18.1. The van der Waals surface area contributed by atoms with Gasteiger partial charge in [0, 0.05) is 12.5 Å². The quantitative estimate of drug-likeness (QED) is 0.845. The number of nitrogens with one attached hydrogen (secondary N) is 1. The molecular weight excluding hydrogens is 330 g/mol. The first-order chi connectivity index (χ1) is 11.9. The molecule has 0 aliphatic rings. The van der Waals surface area contributed by atoms with Gasteiger partial charge in [0.15, 0.2) is 0 Å². The van der Waals surface area contributed by atoms with E-state index in [-0.39, 0.29) is 12.0 Å². The Morgan fingerprint density at radius 2 is 2.00 bits per heavy atom. The molecule has 2 rings (SSSR count). The van der Waals surface area contributed by atoms with Crippen LogP contribution in [0.4, 0.5) is 8.78 Å². The number of carbonyl (C=O) groups excluding carboxylic acids is 2. The largest absolute Gasteiger partial charge is 0.467 e. The van der Waals surface area contributed by atoms with E-state index in [1.807, 2.05) is 6.07 Å². The van der Waals surface area contributed by atoms with Crippen LogP contribution >= 0.6 is 0 Å². The summed E-state index contributed by atoms with van der Waals surface area (Å²) in [5.74, 6) is -3.44. The van der Waals surface area contributed by atoms with Crippen molar-refractivity contribution < 1.29 is 23.1 Å². The summed E-state index contributed by atoms with van der Waals surface area (Å²) in [5.41, 5.74) is 0.632. The van der Waals surface area contributed by atoms with Gasteiger partial charge < -0.3 is 10.1 Å². The van der Waals surface area contributed by atoms with Crippen molar-refractivity contribution in [1.29, 1.82) is 5.26 Å². The van der Waals surface area contributed by atoms with Crippen LogP contribution in [0.3, 0.4) is 0 Å². The first-order valence-corrected chi connectivity index (χ1v) is 7.27. The molecule has 1 N–H and O–H groups in total. The lowest BCUT2D eigenvalue weighted by atomic mass is 10.0. The molecule has 1 amide bonds. The van der Waals surface area contributed by atoms with Gasteiger partial charge in [0.25, 0.3) is 5.91 Å². The number of amides is 1. The fraction of sp³-hybridized carbons (Fsp3) is 0.167. The second-order valence-corrected chi connectivity index (χ2v) is 5.19. The molecule has 0 heterocycles. The molecule has 0 unspecified atom stereocenters. The average Bonchev–Trinajstić information content (AvgIpc) is 2.60. The number of benzene rings is 2. The Kier molecular flexibility index (Phi) is 5.79. The zero-order chi connectivity index (χ0) is 18.4. The van der Waals surface area contributed by atoms with Crippen molar-refractivity contribution in [3.63, 3.8) is 0 Å². The lowest BCUT2D eigenvalue weighted by Crippen LogP contribution is -2.43. The fourth-order valence-electron chi connectivity index (χ4n) is 2.25. The van der Waals surface area contributed by atoms with Crippen LogP contribution in [0.15, 0.2) is 42.5 Å². The Morgan fingerprint density at radius 1 is 1.24 bits per heavy atom. The summed E-state index contributed by atoms with van der Waals surface area (Å²) >= 11 is 0. The number of halogens is 2. The molecule has 0 spiro atoms. The standard InChI is InChI=1S/C18H14F2N2O3/c1-25-18(24)16(8-11-3-2-4-12(7-11)10-21)22-17(23)14-6-5-13(19)9-15(14)20/h2-7,9,16H,8H2,1H3,(H,22,23)/t16-/m1/s1. The van der Waals surface area contributed by atoms with E-state index in [1.54, 1.807) is 24.3 Å². The van der Waals surface area contributed by atoms with Crippen molar-refractivity contribution in [3.05, 3.63) is 70.8 Å². The first-order valence-electron chi connectivity index (χ1n) is 7.27. The van der Waals surface area contributed by atoms with E-state index in [9.17, 15) is 18.4 Å². The normalized spacial score (nSPS) is 11.3.